The number of nitrogens with one attached hydrogen (secondary N) is 1. The molecule has 2 rings (SSSR count). The minimum Gasteiger partial charge on any atom is -0.488 e. The molecule has 2 aromatic heterocycles. The zero-order valence-corrected chi connectivity index (χ0v) is 9.68. The van der Waals surface area contributed by atoms with Crippen LogP contribution in [-0.2, 0) is 0 Å². The Morgan fingerprint density at radius 3 is 2.83 bits per heavy atom. The summed E-state index contributed by atoms with van der Waals surface area (Å²) in [5.41, 5.74) is -1.04. The molecule has 0 amide bonds. The maximum atomic E-state index is 11.3. The molecule has 0 aliphatic heterocycles. The summed E-state index contributed by atoms with van der Waals surface area (Å²) >= 11 is 1.51. The first-order valence-corrected chi connectivity index (χ1v) is 5.70. The van der Waals surface area contributed by atoms with Crippen LogP contribution in [0.2, 0.25) is 0 Å². The third-order valence-corrected chi connectivity index (χ3v) is 2.76. The van der Waals surface area contributed by atoms with Crippen molar-refractivity contribution in [2.45, 2.75) is 0 Å². The van der Waals surface area contributed by atoms with E-state index in [-0.39, 0.29) is 5.82 Å². The van der Waals surface area contributed by atoms with Crippen LogP contribution in [-0.4, -0.2) is 20.0 Å². The lowest BCUT2D eigenvalue weighted by atomic mass is 10.3. The second kappa shape index (κ2) is 4.80. The molecule has 7 nitrogen and oxygen atoms in total. The average molecular weight is 265 g/mol. The zero-order chi connectivity index (χ0) is 13.1. The second-order valence-electron chi connectivity index (χ2n) is 3.27. The Labute approximate surface area is 104 Å². The van der Waals surface area contributed by atoms with E-state index in [1.807, 2.05) is 16.8 Å². The smallest absolute Gasteiger partial charge is 0.395 e. The number of aromatic nitrogens is 2. The first-order valence-electron chi connectivity index (χ1n) is 4.76. The van der Waals surface area contributed by atoms with Crippen molar-refractivity contribution in [3.8, 4) is 5.88 Å². The summed E-state index contributed by atoms with van der Waals surface area (Å²) in [6.07, 6.45) is 3.12. The average Bonchev–Trinajstić information content (AvgIpc) is 2.77. The van der Waals surface area contributed by atoms with Gasteiger partial charge in [-0.2, -0.15) is 16.3 Å². The maximum absolute atomic E-state index is 11.3. The van der Waals surface area contributed by atoms with Gasteiger partial charge in [-0.15, -0.1) is 0 Å². The first kappa shape index (κ1) is 12.0. The number of H-pyrrole nitrogens is 1. The third kappa shape index (κ3) is 2.43. The van der Waals surface area contributed by atoms with Gasteiger partial charge in [0.1, 0.15) is 5.82 Å². The Morgan fingerprint density at radius 2 is 2.28 bits per heavy atom. The fourth-order valence-electron chi connectivity index (χ4n) is 1.26. The number of hydrogen-bond donors (Lipinski definition) is 2. The summed E-state index contributed by atoms with van der Waals surface area (Å²) in [4.78, 5) is 26.6. The molecule has 0 fully saturated rings. The van der Waals surface area contributed by atoms with Gasteiger partial charge in [0, 0.05) is 0 Å². The maximum Gasteiger partial charge on any atom is 0.395 e. The van der Waals surface area contributed by atoms with Gasteiger partial charge >= 0.3 is 11.2 Å². The number of nitrogens with zero attached hydrogens (tertiary/aromatic N) is 2. The molecule has 18 heavy (non-hydrogen) atoms. The quantitative estimate of drug-likeness (QED) is 0.647. The van der Waals surface area contributed by atoms with Gasteiger partial charge in [0.05, 0.1) is 4.92 Å². The van der Waals surface area contributed by atoms with Crippen LogP contribution in [0, 0.1) is 10.1 Å². The van der Waals surface area contributed by atoms with E-state index < -0.39 is 22.0 Å². The van der Waals surface area contributed by atoms with Crippen LogP contribution in [0.1, 0.15) is 11.4 Å². The Kier molecular flexibility index (Phi) is 3.20. The van der Waals surface area contributed by atoms with Crippen molar-refractivity contribution in [1.29, 1.82) is 0 Å². The molecule has 0 unspecified atom stereocenters. The largest absolute Gasteiger partial charge is 0.488 e. The van der Waals surface area contributed by atoms with Crippen molar-refractivity contribution >= 4 is 29.2 Å². The van der Waals surface area contributed by atoms with E-state index in [0.717, 1.165) is 5.56 Å². The molecular formula is C10H7N3O4S. The monoisotopic (exact) mass is 265 g/mol. The zero-order valence-electron chi connectivity index (χ0n) is 8.86. The van der Waals surface area contributed by atoms with Crippen LogP contribution in [0.25, 0.3) is 12.2 Å². The summed E-state index contributed by atoms with van der Waals surface area (Å²) < 4.78 is 0. The van der Waals surface area contributed by atoms with Crippen LogP contribution in [0.3, 0.4) is 0 Å². The van der Waals surface area contributed by atoms with E-state index in [0.29, 0.717) is 0 Å². The van der Waals surface area contributed by atoms with Crippen molar-refractivity contribution in [2.24, 2.45) is 0 Å². The fraction of sp³-hybridized carbons (Fsp3) is 0. The number of hydrogen-bond acceptors (Lipinski definition) is 6. The molecule has 2 heterocycles. The van der Waals surface area contributed by atoms with Gasteiger partial charge < -0.3 is 10.1 Å². The predicted molar refractivity (Wildman–Crippen MR) is 66.4 cm³/mol. The molecule has 0 spiro atoms. The Morgan fingerprint density at radius 1 is 1.50 bits per heavy atom. The number of thiophene rings is 1. The van der Waals surface area contributed by atoms with E-state index in [4.69, 9.17) is 0 Å². The Bertz CT molecular complexity index is 660. The molecule has 92 valence electrons. The predicted octanol–water partition coefficient (Wildman–Crippen LogP) is 1.62. The van der Waals surface area contributed by atoms with Crippen molar-refractivity contribution in [3.05, 3.63) is 48.7 Å². The van der Waals surface area contributed by atoms with Gasteiger partial charge in [-0.1, -0.05) is 6.08 Å². The number of aromatic hydroxyl groups is 1. The fourth-order valence-corrected chi connectivity index (χ4v) is 1.89. The van der Waals surface area contributed by atoms with Crippen molar-refractivity contribution in [1.82, 2.24) is 9.97 Å². The molecule has 8 heteroatoms. The molecule has 0 bridgehead atoms. The topological polar surface area (TPSA) is 109 Å². The summed E-state index contributed by atoms with van der Waals surface area (Å²) in [6, 6.07) is 1.85. The molecule has 2 N–H and O–H groups in total. The SMILES string of the molecule is O=c1[nH]c(C=Cc2ccsc2)nc(O)c1[N+](=O)[O-]. The van der Waals surface area contributed by atoms with Gasteiger partial charge in [-0.25, -0.2) is 0 Å². The number of aromatic amines is 1. The molecule has 0 radical (unpaired) electrons. The summed E-state index contributed by atoms with van der Waals surface area (Å²) in [5, 5.41) is 23.5. The van der Waals surface area contributed by atoms with E-state index >= 15 is 0 Å². The molecule has 0 aliphatic rings. The summed E-state index contributed by atoms with van der Waals surface area (Å²) in [7, 11) is 0. The lowest BCUT2D eigenvalue weighted by molar-refractivity contribution is -0.387. The van der Waals surface area contributed by atoms with Gasteiger partial charge in [0.15, 0.2) is 0 Å². The number of nitro groups is 1. The van der Waals surface area contributed by atoms with Crippen molar-refractivity contribution in [3.63, 3.8) is 0 Å². The van der Waals surface area contributed by atoms with Crippen molar-refractivity contribution in [2.75, 3.05) is 0 Å². The third-order valence-electron chi connectivity index (χ3n) is 2.05. The molecule has 0 atom stereocenters. The molecule has 2 aromatic rings. The van der Waals surface area contributed by atoms with E-state index in [1.165, 1.54) is 17.4 Å². The van der Waals surface area contributed by atoms with Gasteiger partial charge in [-0.05, 0) is 28.5 Å². The standard InChI is InChI=1S/C10H7N3O4S/c14-9-8(13(16)17)10(15)12-7(11-9)2-1-6-3-4-18-5-6/h1-5H,(H2,11,12,14,15). The highest BCUT2D eigenvalue weighted by Gasteiger charge is 2.21. The molecule has 0 saturated carbocycles. The minimum absolute atomic E-state index is 0.0503. The van der Waals surface area contributed by atoms with E-state index in [2.05, 4.69) is 9.97 Å². The minimum atomic E-state index is -0.988. The van der Waals surface area contributed by atoms with Gasteiger partial charge in [-0.3, -0.25) is 14.9 Å². The highest BCUT2D eigenvalue weighted by atomic mass is 32.1. The van der Waals surface area contributed by atoms with Gasteiger partial charge in [0.25, 0.3) is 5.88 Å². The van der Waals surface area contributed by atoms with E-state index in [1.54, 1.807) is 6.08 Å². The molecule has 0 aromatic carbocycles. The first-order chi connectivity index (χ1) is 8.58. The van der Waals surface area contributed by atoms with Crippen molar-refractivity contribution < 1.29 is 10.0 Å². The van der Waals surface area contributed by atoms with Crippen LogP contribution in [0.15, 0.2) is 21.6 Å². The Hall–Kier alpha value is -2.48. The lowest BCUT2D eigenvalue weighted by Gasteiger charge is -1.96. The lowest BCUT2D eigenvalue weighted by Crippen LogP contribution is -2.14. The van der Waals surface area contributed by atoms with Crippen LogP contribution in [0.4, 0.5) is 5.69 Å². The van der Waals surface area contributed by atoms with Crippen LogP contribution < -0.4 is 5.56 Å². The van der Waals surface area contributed by atoms with Gasteiger partial charge in [0.2, 0.25) is 0 Å². The Balaban J connectivity index is 2.37. The highest BCUT2D eigenvalue weighted by molar-refractivity contribution is 7.08. The number of rotatable bonds is 3. The highest BCUT2D eigenvalue weighted by Crippen LogP contribution is 2.17. The second-order valence-corrected chi connectivity index (χ2v) is 4.05. The van der Waals surface area contributed by atoms with Crippen LogP contribution >= 0.6 is 11.3 Å². The molecule has 0 saturated heterocycles. The summed E-state index contributed by atoms with van der Waals surface area (Å²) in [6.45, 7) is 0. The summed E-state index contributed by atoms with van der Waals surface area (Å²) in [5.74, 6) is -0.844. The molecule has 0 aliphatic carbocycles. The normalized spacial score (nSPS) is 10.9. The molecular weight excluding hydrogens is 258 g/mol. The van der Waals surface area contributed by atoms with Crippen LogP contribution in [0.5, 0.6) is 5.88 Å². The van der Waals surface area contributed by atoms with E-state index in [9.17, 15) is 20.0 Å².